The van der Waals surface area contributed by atoms with Crippen molar-refractivity contribution < 1.29 is 9.84 Å². The summed E-state index contributed by atoms with van der Waals surface area (Å²) < 4.78 is 5.90. The van der Waals surface area contributed by atoms with Gasteiger partial charge in [0.05, 0.1) is 24.6 Å². The molecule has 1 aromatic carbocycles. The van der Waals surface area contributed by atoms with Gasteiger partial charge in [0.2, 0.25) is 0 Å². The molecule has 6 nitrogen and oxygen atoms in total. The summed E-state index contributed by atoms with van der Waals surface area (Å²) >= 11 is 6.08. The lowest BCUT2D eigenvalue weighted by molar-refractivity contribution is 0.0548. The van der Waals surface area contributed by atoms with E-state index in [9.17, 15) is 0 Å². The van der Waals surface area contributed by atoms with Crippen LogP contribution in [-0.4, -0.2) is 67.2 Å². The Morgan fingerprint density at radius 2 is 2.09 bits per heavy atom. The van der Waals surface area contributed by atoms with E-state index in [1.807, 2.05) is 24.3 Å². The Kier molecular flexibility index (Phi) is 13.3. The summed E-state index contributed by atoms with van der Waals surface area (Å²) in [5, 5.41) is 14.4. The van der Waals surface area contributed by atoms with Gasteiger partial charge in [0.1, 0.15) is 6.73 Å². The lowest BCUT2D eigenvalue weighted by atomic mass is 9.96. The number of aliphatic hydroxyl groups is 1. The second-order valence-corrected chi connectivity index (χ2v) is 9.48. The van der Waals surface area contributed by atoms with E-state index in [1.165, 1.54) is 30.5 Å². The molecule has 2 rings (SSSR count). The maximum Gasteiger partial charge on any atom is 0.118 e. The Balaban J connectivity index is 1.89. The summed E-state index contributed by atoms with van der Waals surface area (Å²) in [5.41, 5.74) is 7.39. The number of likely N-dealkylation sites (N-methyl/N-ethyl adjacent to an activating group) is 1. The minimum Gasteiger partial charge on any atom is -0.395 e. The molecule has 1 atom stereocenters. The number of hydrazone groups is 1. The summed E-state index contributed by atoms with van der Waals surface area (Å²) in [6, 6.07) is 7.58. The number of hydrogen-bond acceptors (Lipinski definition) is 6. The van der Waals surface area contributed by atoms with Crippen molar-refractivity contribution in [2.24, 2.45) is 11.0 Å². The molecule has 1 aliphatic rings. The molecule has 0 amide bonds. The molecule has 1 unspecified atom stereocenters. The summed E-state index contributed by atoms with van der Waals surface area (Å²) in [7, 11) is 2.08. The Labute approximate surface area is 211 Å². The molecule has 1 heterocycles. The van der Waals surface area contributed by atoms with Gasteiger partial charge in [-0.15, -0.1) is 0 Å². The monoisotopic (exact) mass is 490 g/mol. The maximum absolute atomic E-state index is 9.05. The van der Waals surface area contributed by atoms with Crippen LogP contribution in [0.3, 0.4) is 0 Å². The van der Waals surface area contributed by atoms with Crippen LogP contribution in [0.1, 0.15) is 52.9 Å². The van der Waals surface area contributed by atoms with E-state index in [0.717, 1.165) is 49.8 Å². The van der Waals surface area contributed by atoms with Gasteiger partial charge in [-0.05, 0) is 76.4 Å². The van der Waals surface area contributed by atoms with E-state index in [1.54, 1.807) is 0 Å². The summed E-state index contributed by atoms with van der Waals surface area (Å²) in [4.78, 5) is 4.47. The Bertz CT molecular complexity index is 825. The molecule has 1 aromatic rings. The quantitative estimate of drug-likeness (QED) is 0.272. The lowest BCUT2D eigenvalue weighted by Crippen LogP contribution is -2.30. The zero-order chi connectivity index (χ0) is 24.8. The first kappa shape index (κ1) is 28.4. The van der Waals surface area contributed by atoms with Gasteiger partial charge in [-0.1, -0.05) is 43.2 Å². The first-order valence-corrected chi connectivity index (χ1v) is 12.9. The lowest BCUT2D eigenvalue weighted by Gasteiger charge is -2.28. The molecule has 0 aliphatic carbocycles. The molecule has 0 fully saturated rings. The standard InChI is InChI=1S/C27H43ClN4O2/c1-5-24(13-16-31(4)17-18-33)10-7-6-8-15-32-21-34-19-14-27(22(2)23(32)3)30-29-26-12-9-11-25(28)20-26/h6,8-9,11-12,20,24,29,33H,5,7,10,13-19,21H2,1-4H3/b8-6?,23-22-,30-27+. The molecule has 0 spiro atoms. The van der Waals surface area contributed by atoms with Crippen LogP contribution in [0.25, 0.3) is 0 Å². The Hall–Kier alpha value is -1.86. The number of allylic oxidation sites excluding steroid dienone is 3. The predicted octanol–water partition coefficient (Wildman–Crippen LogP) is 5.76. The van der Waals surface area contributed by atoms with Crippen molar-refractivity contribution in [2.45, 2.75) is 52.9 Å². The van der Waals surface area contributed by atoms with Crippen molar-refractivity contribution in [2.75, 3.05) is 52.1 Å². The number of rotatable bonds is 13. The van der Waals surface area contributed by atoms with Crippen LogP contribution in [0.4, 0.5) is 5.69 Å². The minimum atomic E-state index is 0.231. The highest BCUT2D eigenvalue weighted by Crippen LogP contribution is 2.19. The third-order valence-corrected chi connectivity index (χ3v) is 6.77. The fraction of sp³-hybridized carbons (Fsp3) is 0.593. The molecule has 0 radical (unpaired) electrons. The van der Waals surface area contributed by atoms with Crippen LogP contribution >= 0.6 is 11.6 Å². The van der Waals surface area contributed by atoms with E-state index >= 15 is 0 Å². The Morgan fingerprint density at radius 1 is 1.26 bits per heavy atom. The van der Waals surface area contributed by atoms with Gasteiger partial charge in [0.25, 0.3) is 0 Å². The van der Waals surface area contributed by atoms with Gasteiger partial charge >= 0.3 is 0 Å². The Morgan fingerprint density at radius 3 is 2.82 bits per heavy atom. The third-order valence-electron chi connectivity index (χ3n) is 6.54. The second-order valence-electron chi connectivity index (χ2n) is 9.04. The number of benzene rings is 1. The smallest absolute Gasteiger partial charge is 0.118 e. The molecule has 190 valence electrons. The van der Waals surface area contributed by atoms with E-state index in [-0.39, 0.29) is 6.61 Å². The maximum atomic E-state index is 9.05. The summed E-state index contributed by atoms with van der Waals surface area (Å²) in [6.45, 7) is 10.6. The fourth-order valence-electron chi connectivity index (χ4n) is 3.98. The number of ether oxygens (including phenoxy) is 1. The van der Waals surface area contributed by atoms with Crippen molar-refractivity contribution in [3.8, 4) is 0 Å². The van der Waals surface area contributed by atoms with Crippen LogP contribution < -0.4 is 5.43 Å². The van der Waals surface area contributed by atoms with Gasteiger partial charge in [-0.2, -0.15) is 5.10 Å². The van der Waals surface area contributed by atoms with Crippen LogP contribution in [0.2, 0.25) is 5.02 Å². The molecular formula is C27H43ClN4O2. The van der Waals surface area contributed by atoms with Crippen LogP contribution in [0, 0.1) is 5.92 Å². The molecule has 0 aromatic heterocycles. The van der Waals surface area contributed by atoms with Crippen molar-refractivity contribution in [1.29, 1.82) is 0 Å². The van der Waals surface area contributed by atoms with Crippen LogP contribution in [0.15, 0.2) is 52.8 Å². The highest BCUT2D eigenvalue weighted by molar-refractivity contribution is 6.30. The highest BCUT2D eigenvalue weighted by Gasteiger charge is 2.15. The second kappa shape index (κ2) is 15.9. The third kappa shape index (κ3) is 10.2. The van der Waals surface area contributed by atoms with E-state index < -0.39 is 0 Å². The number of hydrogen-bond donors (Lipinski definition) is 2. The van der Waals surface area contributed by atoms with E-state index in [2.05, 4.69) is 60.3 Å². The average Bonchev–Trinajstić information content (AvgIpc) is 2.82. The summed E-state index contributed by atoms with van der Waals surface area (Å²) in [5.74, 6) is 0.727. The molecule has 34 heavy (non-hydrogen) atoms. The topological polar surface area (TPSA) is 60.3 Å². The summed E-state index contributed by atoms with van der Waals surface area (Å²) in [6.07, 6.45) is 10.0. The van der Waals surface area contributed by atoms with E-state index in [0.29, 0.717) is 18.4 Å². The van der Waals surface area contributed by atoms with Gasteiger partial charge in [-0.3, -0.25) is 5.43 Å². The molecule has 0 saturated carbocycles. The van der Waals surface area contributed by atoms with Crippen LogP contribution in [-0.2, 0) is 4.74 Å². The normalized spacial score (nSPS) is 19.6. The molecule has 1 aliphatic heterocycles. The van der Waals surface area contributed by atoms with Crippen molar-refractivity contribution in [3.63, 3.8) is 0 Å². The van der Waals surface area contributed by atoms with Gasteiger partial charge < -0.3 is 19.6 Å². The average molecular weight is 491 g/mol. The van der Waals surface area contributed by atoms with Gasteiger partial charge in [0.15, 0.2) is 0 Å². The van der Waals surface area contributed by atoms with Crippen molar-refractivity contribution in [1.82, 2.24) is 9.80 Å². The highest BCUT2D eigenvalue weighted by atomic mass is 35.5. The number of nitrogens with one attached hydrogen (secondary N) is 1. The fourth-order valence-corrected chi connectivity index (χ4v) is 4.17. The van der Waals surface area contributed by atoms with Gasteiger partial charge in [0, 0.05) is 30.2 Å². The number of anilines is 1. The molecule has 2 N–H and O–H groups in total. The van der Waals surface area contributed by atoms with E-state index in [4.69, 9.17) is 21.4 Å². The van der Waals surface area contributed by atoms with Gasteiger partial charge in [-0.25, -0.2) is 0 Å². The largest absolute Gasteiger partial charge is 0.395 e. The van der Waals surface area contributed by atoms with Crippen molar-refractivity contribution >= 4 is 23.0 Å². The minimum absolute atomic E-state index is 0.231. The van der Waals surface area contributed by atoms with Crippen LogP contribution in [0.5, 0.6) is 0 Å². The number of halogens is 1. The van der Waals surface area contributed by atoms with Crippen molar-refractivity contribution in [3.05, 3.63) is 52.7 Å². The number of aliphatic hydroxyl groups excluding tert-OH is 1. The zero-order valence-corrected chi connectivity index (χ0v) is 22.2. The molecular weight excluding hydrogens is 448 g/mol. The molecule has 0 bridgehead atoms. The number of nitrogens with zero attached hydrogens (tertiary/aromatic N) is 3. The molecule has 7 heteroatoms. The first-order chi connectivity index (χ1) is 16.4. The first-order valence-electron chi connectivity index (χ1n) is 12.5. The SMILES string of the molecule is CCC(CCC=CCN1COCCC(=N\Nc2cccc(Cl)c2)/C(C)=C\1C)CCN(C)CCO. The predicted molar refractivity (Wildman–Crippen MR) is 144 cm³/mol. The molecule has 0 saturated heterocycles. The zero-order valence-electron chi connectivity index (χ0n) is 21.4.